The van der Waals surface area contributed by atoms with E-state index in [1.54, 1.807) is 7.11 Å². The van der Waals surface area contributed by atoms with Crippen molar-refractivity contribution in [1.82, 2.24) is 10.3 Å². The minimum atomic E-state index is 0.243. The molecule has 0 amide bonds. The van der Waals surface area contributed by atoms with Crippen LogP contribution >= 0.6 is 0 Å². The molecule has 4 heteroatoms. The van der Waals surface area contributed by atoms with Crippen LogP contribution in [0.1, 0.15) is 44.1 Å². The van der Waals surface area contributed by atoms with Crippen molar-refractivity contribution in [3.05, 3.63) is 23.9 Å². The molecule has 2 saturated carbocycles. The minimum Gasteiger partial charge on any atom is -0.474 e. The van der Waals surface area contributed by atoms with Gasteiger partial charge in [0.1, 0.15) is 6.10 Å². The fourth-order valence-corrected chi connectivity index (χ4v) is 2.77. The van der Waals surface area contributed by atoms with Crippen molar-refractivity contribution < 1.29 is 9.47 Å². The van der Waals surface area contributed by atoms with Crippen LogP contribution < -0.4 is 10.1 Å². The predicted molar refractivity (Wildman–Crippen MR) is 77.8 cm³/mol. The van der Waals surface area contributed by atoms with E-state index in [-0.39, 0.29) is 6.10 Å². The lowest BCUT2D eigenvalue weighted by atomic mass is 9.95. The molecular formula is C16H24N2O2. The molecule has 2 aliphatic carbocycles. The number of aromatic nitrogens is 1. The Labute approximate surface area is 120 Å². The van der Waals surface area contributed by atoms with Gasteiger partial charge < -0.3 is 14.8 Å². The summed E-state index contributed by atoms with van der Waals surface area (Å²) in [5.41, 5.74) is 1.25. The Balaban J connectivity index is 1.54. The molecule has 20 heavy (non-hydrogen) atoms. The number of rotatable bonds is 6. The Bertz CT molecular complexity index is 434. The van der Waals surface area contributed by atoms with Gasteiger partial charge in [0.25, 0.3) is 0 Å². The summed E-state index contributed by atoms with van der Waals surface area (Å²) in [6.07, 6.45) is 9.46. The van der Waals surface area contributed by atoms with Crippen molar-refractivity contribution in [1.29, 1.82) is 0 Å². The third-order valence-corrected chi connectivity index (χ3v) is 4.17. The topological polar surface area (TPSA) is 43.4 Å². The highest BCUT2D eigenvalue weighted by Crippen LogP contribution is 2.25. The van der Waals surface area contributed by atoms with E-state index in [9.17, 15) is 0 Å². The molecule has 2 atom stereocenters. The SMILES string of the molecule is COC1CCCC(Oc2cc(CNC3CC3)ccn2)C1. The monoisotopic (exact) mass is 276 g/mol. The Hall–Kier alpha value is -1.13. The summed E-state index contributed by atoms with van der Waals surface area (Å²) in [6, 6.07) is 4.85. The van der Waals surface area contributed by atoms with Gasteiger partial charge >= 0.3 is 0 Å². The molecule has 0 aliphatic heterocycles. The first-order valence-electron chi connectivity index (χ1n) is 7.71. The third-order valence-electron chi connectivity index (χ3n) is 4.17. The number of hydrogen-bond acceptors (Lipinski definition) is 4. The summed E-state index contributed by atoms with van der Waals surface area (Å²) in [4.78, 5) is 4.34. The molecule has 0 radical (unpaired) electrons. The van der Waals surface area contributed by atoms with Crippen LogP contribution in [0.5, 0.6) is 5.88 Å². The molecule has 2 unspecified atom stereocenters. The average molecular weight is 276 g/mol. The second-order valence-electron chi connectivity index (χ2n) is 5.92. The van der Waals surface area contributed by atoms with E-state index in [0.717, 1.165) is 37.7 Å². The maximum absolute atomic E-state index is 6.03. The van der Waals surface area contributed by atoms with Crippen LogP contribution in [0.2, 0.25) is 0 Å². The van der Waals surface area contributed by atoms with E-state index in [2.05, 4.69) is 22.4 Å². The van der Waals surface area contributed by atoms with Crippen LogP contribution in [0.4, 0.5) is 0 Å². The standard InChI is InChI=1S/C16H24N2O2/c1-19-14-3-2-4-15(10-14)20-16-9-12(7-8-17-16)11-18-13-5-6-13/h7-9,13-15,18H,2-6,10-11H2,1H3. The second-order valence-corrected chi connectivity index (χ2v) is 5.92. The van der Waals surface area contributed by atoms with Crippen molar-refractivity contribution in [2.45, 2.75) is 63.3 Å². The third kappa shape index (κ3) is 3.93. The molecule has 3 rings (SSSR count). The molecule has 2 fully saturated rings. The first kappa shape index (κ1) is 13.8. The van der Waals surface area contributed by atoms with Gasteiger partial charge in [-0.1, -0.05) is 0 Å². The van der Waals surface area contributed by atoms with Crippen molar-refractivity contribution >= 4 is 0 Å². The Morgan fingerprint density at radius 3 is 2.90 bits per heavy atom. The quantitative estimate of drug-likeness (QED) is 0.867. The lowest BCUT2D eigenvalue weighted by Gasteiger charge is -2.28. The number of nitrogens with one attached hydrogen (secondary N) is 1. The van der Waals surface area contributed by atoms with Gasteiger partial charge in [0.05, 0.1) is 6.10 Å². The van der Waals surface area contributed by atoms with Crippen LogP contribution in [0.3, 0.4) is 0 Å². The van der Waals surface area contributed by atoms with E-state index in [0.29, 0.717) is 6.10 Å². The minimum absolute atomic E-state index is 0.243. The number of pyridine rings is 1. The highest BCUT2D eigenvalue weighted by atomic mass is 16.5. The molecule has 110 valence electrons. The van der Waals surface area contributed by atoms with E-state index in [1.165, 1.54) is 24.8 Å². The van der Waals surface area contributed by atoms with Gasteiger partial charge in [0.15, 0.2) is 0 Å². The summed E-state index contributed by atoms with van der Waals surface area (Å²) in [6.45, 7) is 0.912. The van der Waals surface area contributed by atoms with Crippen LogP contribution in [0.25, 0.3) is 0 Å². The first-order chi connectivity index (χ1) is 9.83. The first-order valence-corrected chi connectivity index (χ1v) is 7.71. The highest BCUT2D eigenvalue weighted by Gasteiger charge is 2.23. The predicted octanol–water partition coefficient (Wildman–Crippen LogP) is 2.67. The van der Waals surface area contributed by atoms with Crippen molar-refractivity contribution in [3.8, 4) is 5.88 Å². The molecular weight excluding hydrogens is 252 g/mol. The molecule has 0 bridgehead atoms. The van der Waals surface area contributed by atoms with Gasteiger partial charge in [0.2, 0.25) is 5.88 Å². The smallest absolute Gasteiger partial charge is 0.213 e. The highest BCUT2D eigenvalue weighted by molar-refractivity contribution is 5.20. The molecule has 1 N–H and O–H groups in total. The summed E-state index contributed by atoms with van der Waals surface area (Å²) < 4.78 is 11.5. The number of nitrogens with zero attached hydrogens (tertiary/aromatic N) is 1. The molecule has 1 aromatic heterocycles. The van der Waals surface area contributed by atoms with Gasteiger partial charge in [-0.2, -0.15) is 0 Å². The largest absolute Gasteiger partial charge is 0.474 e. The van der Waals surface area contributed by atoms with Crippen LogP contribution in [-0.2, 0) is 11.3 Å². The lowest BCUT2D eigenvalue weighted by molar-refractivity contribution is 0.0195. The summed E-state index contributed by atoms with van der Waals surface area (Å²) in [7, 11) is 1.79. The maximum atomic E-state index is 6.03. The van der Waals surface area contributed by atoms with Gasteiger partial charge in [-0.3, -0.25) is 0 Å². The van der Waals surface area contributed by atoms with Crippen molar-refractivity contribution in [3.63, 3.8) is 0 Å². The molecule has 4 nitrogen and oxygen atoms in total. The van der Waals surface area contributed by atoms with E-state index >= 15 is 0 Å². The van der Waals surface area contributed by atoms with Crippen molar-refractivity contribution in [2.75, 3.05) is 7.11 Å². The molecule has 1 heterocycles. The Morgan fingerprint density at radius 2 is 2.10 bits per heavy atom. The van der Waals surface area contributed by atoms with Crippen LogP contribution in [0, 0.1) is 0 Å². The maximum Gasteiger partial charge on any atom is 0.213 e. The lowest BCUT2D eigenvalue weighted by Crippen LogP contribution is -2.29. The fraction of sp³-hybridized carbons (Fsp3) is 0.688. The van der Waals surface area contributed by atoms with Gasteiger partial charge in [0, 0.05) is 38.4 Å². The van der Waals surface area contributed by atoms with Gasteiger partial charge in [-0.15, -0.1) is 0 Å². The number of ether oxygens (including phenoxy) is 2. The number of methoxy groups -OCH3 is 1. The molecule has 1 aromatic rings. The average Bonchev–Trinajstić information content (AvgIpc) is 3.30. The second kappa shape index (κ2) is 6.55. The fourth-order valence-electron chi connectivity index (χ4n) is 2.77. The summed E-state index contributed by atoms with van der Waals surface area (Å²) in [5.74, 6) is 0.752. The number of hydrogen-bond donors (Lipinski definition) is 1. The Morgan fingerprint density at radius 1 is 1.25 bits per heavy atom. The van der Waals surface area contributed by atoms with Crippen LogP contribution in [-0.4, -0.2) is 30.3 Å². The van der Waals surface area contributed by atoms with Gasteiger partial charge in [-0.05, 0) is 43.7 Å². The molecule has 2 aliphatic rings. The summed E-state index contributed by atoms with van der Waals surface area (Å²) >= 11 is 0. The normalized spacial score (nSPS) is 26.4. The van der Waals surface area contributed by atoms with E-state index < -0.39 is 0 Å². The zero-order chi connectivity index (χ0) is 13.8. The summed E-state index contributed by atoms with van der Waals surface area (Å²) in [5, 5.41) is 3.52. The molecule has 0 saturated heterocycles. The Kier molecular flexibility index (Phi) is 4.53. The zero-order valence-electron chi connectivity index (χ0n) is 12.2. The zero-order valence-corrected chi connectivity index (χ0v) is 12.2. The molecule has 0 aromatic carbocycles. The van der Waals surface area contributed by atoms with Gasteiger partial charge in [-0.25, -0.2) is 4.98 Å². The van der Waals surface area contributed by atoms with Crippen molar-refractivity contribution in [2.24, 2.45) is 0 Å². The molecule has 0 spiro atoms. The van der Waals surface area contributed by atoms with E-state index in [1.807, 2.05) is 6.20 Å². The van der Waals surface area contributed by atoms with E-state index in [4.69, 9.17) is 9.47 Å². The van der Waals surface area contributed by atoms with Crippen LogP contribution in [0.15, 0.2) is 18.3 Å².